The van der Waals surface area contributed by atoms with Crippen molar-refractivity contribution in [1.82, 2.24) is 0 Å². The Labute approximate surface area is 83.1 Å². The summed E-state index contributed by atoms with van der Waals surface area (Å²) in [6.07, 6.45) is 0.654. The molecular formula is C7H7NO3S2. The largest absolute Gasteiger partial charge is 0.325 e. The third-order valence-electron chi connectivity index (χ3n) is 1.29. The maximum atomic E-state index is 10.5. The number of thioether (sulfide) groups is 1. The van der Waals surface area contributed by atoms with E-state index in [0.29, 0.717) is 11.8 Å². The maximum absolute atomic E-state index is 10.5. The minimum Gasteiger partial charge on any atom is -0.298 e. The van der Waals surface area contributed by atoms with Gasteiger partial charge in [0.25, 0.3) is 0 Å². The summed E-state index contributed by atoms with van der Waals surface area (Å²) in [7, 11) is 0. The van der Waals surface area contributed by atoms with Crippen molar-refractivity contribution >= 4 is 34.4 Å². The molecule has 0 aliphatic heterocycles. The molecule has 1 aromatic heterocycles. The number of nitro groups is 1. The lowest BCUT2D eigenvalue weighted by Gasteiger charge is -1.90. The van der Waals surface area contributed by atoms with Gasteiger partial charge in [-0.15, -0.1) is 11.8 Å². The van der Waals surface area contributed by atoms with E-state index in [4.69, 9.17) is 0 Å². The average molecular weight is 217 g/mol. The van der Waals surface area contributed by atoms with Crippen LogP contribution in [0.3, 0.4) is 0 Å². The molecule has 1 heterocycles. The minimum absolute atomic E-state index is 0.0260. The van der Waals surface area contributed by atoms with Gasteiger partial charge in [0.15, 0.2) is 6.29 Å². The van der Waals surface area contributed by atoms with Crippen LogP contribution in [-0.4, -0.2) is 17.0 Å². The average Bonchev–Trinajstić information content (AvgIpc) is 2.48. The number of nitrogens with zero attached hydrogens (tertiary/aromatic N) is 1. The fourth-order valence-electron chi connectivity index (χ4n) is 0.791. The Bertz CT molecular complexity index is 334. The second-order valence-corrected chi connectivity index (χ2v) is 4.70. The quantitative estimate of drug-likeness (QED) is 0.336. The molecule has 70 valence electrons. The van der Waals surface area contributed by atoms with Gasteiger partial charge in [0, 0.05) is 11.6 Å². The van der Waals surface area contributed by atoms with E-state index in [2.05, 4.69) is 0 Å². The molecule has 4 nitrogen and oxygen atoms in total. The zero-order valence-corrected chi connectivity index (χ0v) is 8.48. The summed E-state index contributed by atoms with van der Waals surface area (Å²) >= 11 is 2.50. The molecule has 0 aliphatic carbocycles. The predicted molar refractivity (Wildman–Crippen MR) is 52.8 cm³/mol. The standard InChI is InChI=1S/C7H7NO3S2/c1-2-12-7-5(4-9)3-6(13-7)8(10)11/h3-4H,2H2,1H3. The molecule has 0 N–H and O–H groups in total. The number of rotatable bonds is 4. The first-order valence-electron chi connectivity index (χ1n) is 3.55. The zero-order chi connectivity index (χ0) is 9.84. The fourth-order valence-corrected chi connectivity index (χ4v) is 2.85. The molecule has 0 bridgehead atoms. The van der Waals surface area contributed by atoms with Gasteiger partial charge < -0.3 is 0 Å². The van der Waals surface area contributed by atoms with E-state index >= 15 is 0 Å². The van der Waals surface area contributed by atoms with Crippen molar-refractivity contribution < 1.29 is 9.72 Å². The highest BCUT2D eigenvalue weighted by Gasteiger charge is 2.15. The van der Waals surface area contributed by atoms with E-state index in [1.807, 2.05) is 6.92 Å². The minimum atomic E-state index is -0.475. The van der Waals surface area contributed by atoms with E-state index in [9.17, 15) is 14.9 Å². The molecule has 13 heavy (non-hydrogen) atoms. The van der Waals surface area contributed by atoms with Crippen LogP contribution < -0.4 is 0 Å². The fraction of sp³-hybridized carbons (Fsp3) is 0.286. The van der Waals surface area contributed by atoms with Crippen LogP contribution in [0.5, 0.6) is 0 Å². The Morgan fingerprint density at radius 2 is 2.46 bits per heavy atom. The van der Waals surface area contributed by atoms with Crippen molar-refractivity contribution in [2.24, 2.45) is 0 Å². The Morgan fingerprint density at radius 1 is 1.77 bits per heavy atom. The molecule has 0 atom stereocenters. The van der Waals surface area contributed by atoms with Crippen molar-refractivity contribution in [3.05, 3.63) is 21.7 Å². The summed E-state index contributed by atoms with van der Waals surface area (Å²) in [6, 6.07) is 1.32. The molecule has 0 spiro atoms. The molecule has 1 rings (SSSR count). The van der Waals surface area contributed by atoms with Gasteiger partial charge in [0.2, 0.25) is 0 Å². The number of hydrogen-bond acceptors (Lipinski definition) is 5. The Hall–Kier alpha value is -0.880. The van der Waals surface area contributed by atoms with E-state index in [1.54, 1.807) is 0 Å². The van der Waals surface area contributed by atoms with Gasteiger partial charge >= 0.3 is 5.00 Å². The highest BCUT2D eigenvalue weighted by molar-refractivity contribution is 8.01. The van der Waals surface area contributed by atoms with Crippen LogP contribution >= 0.6 is 23.1 Å². The Kier molecular flexibility index (Phi) is 3.44. The van der Waals surface area contributed by atoms with E-state index in [1.165, 1.54) is 17.8 Å². The van der Waals surface area contributed by atoms with Crippen LogP contribution in [0.15, 0.2) is 10.3 Å². The van der Waals surface area contributed by atoms with Crippen LogP contribution in [0.25, 0.3) is 0 Å². The first-order chi connectivity index (χ1) is 6.19. The third kappa shape index (κ3) is 2.28. The van der Waals surface area contributed by atoms with Gasteiger partial charge in [-0.1, -0.05) is 18.3 Å². The van der Waals surface area contributed by atoms with Crippen molar-refractivity contribution in [3.8, 4) is 0 Å². The zero-order valence-electron chi connectivity index (χ0n) is 6.85. The van der Waals surface area contributed by atoms with Crippen molar-refractivity contribution in [2.75, 3.05) is 5.75 Å². The predicted octanol–water partition coefficient (Wildman–Crippen LogP) is 2.58. The molecule has 1 aromatic rings. The summed E-state index contributed by atoms with van der Waals surface area (Å²) < 4.78 is 0.726. The van der Waals surface area contributed by atoms with Gasteiger partial charge in [-0.25, -0.2) is 0 Å². The Balaban J connectivity index is 3.03. The molecule has 0 amide bonds. The molecule has 0 saturated heterocycles. The van der Waals surface area contributed by atoms with Gasteiger partial charge in [-0.3, -0.25) is 14.9 Å². The number of carbonyl (C=O) groups excluding carboxylic acids is 1. The van der Waals surface area contributed by atoms with Crippen LogP contribution in [0.2, 0.25) is 0 Å². The molecule has 0 fully saturated rings. The molecule has 0 radical (unpaired) electrons. The topological polar surface area (TPSA) is 60.2 Å². The molecule has 0 aliphatic rings. The molecular weight excluding hydrogens is 210 g/mol. The van der Waals surface area contributed by atoms with Crippen LogP contribution in [-0.2, 0) is 0 Å². The third-order valence-corrected chi connectivity index (χ3v) is 3.58. The molecule has 6 heteroatoms. The van der Waals surface area contributed by atoms with E-state index in [0.717, 1.165) is 21.3 Å². The van der Waals surface area contributed by atoms with Crippen LogP contribution in [0.1, 0.15) is 17.3 Å². The number of carbonyl (C=O) groups is 1. The lowest BCUT2D eigenvalue weighted by molar-refractivity contribution is -0.380. The van der Waals surface area contributed by atoms with Crippen LogP contribution in [0, 0.1) is 10.1 Å². The second kappa shape index (κ2) is 4.38. The number of hydrogen-bond donors (Lipinski definition) is 0. The van der Waals surface area contributed by atoms with Gasteiger partial charge in [-0.05, 0) is 5.75 Å². The number of aldehydes is 1. The van der Waals surface area contributed by atoms with Crippen molar-refractivity contribution in [2.45, 2.75) is 11.1 Å². The Morgan fingerprint density at radius 3 is 2.92 bits per heavy atom. The summed E-state index contributed by atoms with van der Waals surface area (Å²) in [6.45, 7) is 1.94. The SMILES string of the molecule is CCSc1sc([N+](=O)[O-])cc1C=O. The van der Waals surface area contributed by atoms with Gasteiger partial charge in [0.05, 0.1) is 9.13 Å². The van der Waals surface area contributed by atoms with Crippen LogP contribution in [0.4, 0.5) is 5.00 Å². The maximum Gasteiger partial charge on any atom is 0.325 e. The lowest BCUT2D eigenvalue weighted by Crippen LogP contribution is -1.81. The smallest absolute Gasteiger partial charge is 0.298 e. The van der Waals surface area contributed by atoms with E-state index < -0.39 is 4.92 Å². The highest BCUT2D eigenvalue weighted by atomic mass is 32.2. The monoisotopic (exact) mass is 217 g/mol. The first kappa shape index (κ1) is 10.2. The van der Waals surface area contributed by atoms with Gasteiger partial charge in [0.1, 0.15) is 0 Å². The summed E-state index contributed by atoms with van der Waals surface area (Å²) in [4.78, 5) is 20.4. The summed E-state index contributed by atoms with van der Waals surface area (Å²) in [5.74, 6) is 0.804. The molecule has 0 unspecified atom stereocenters. The number of thiophene rings is 1. The normalized spacial score (nSPS) is 9.92. The molecule has 0 saturated carbocycles. The van der Waals surface area contributed by atoms with Crippen molar-refractivity contribution in [3.63, 3.8) is 0 Å². The molecule has 0 aromatic carbocycles. The second-order valence-electron chi connectivity index (χ2n) is 2.14. The summed E-state index contributed by atoms with van der Waals surface area (Å²) in [5, 5.41) is 10.4. The highest BCUT2D eigenvalue weighted by Crippen LogP contribution is 2.35. The lowest BCUT2D eigenvalue weighted by atomic mass is 10.4. The van der Waals surface area contributed by atoms with Crippen molar-refractivity contribution in [1.29, 1.82) is 0 Å². The first-order valence-corrected chi connectivity index (χ1v) is 5.35. The van der Waals surface area contributed by atoms with Gasteiger partial charge in [-0.2, -0.15) is 0 Å². The summed E-state index contributed by atoms with van der Waals surface area (Å²) in [5.41, 5.74) is 0.420. The van der Waals surface area contributed by atoms with E-state index in [-0.39, 0.29) is 5.00 Å².